The molecule has 1 aliphatic heterocycles. The molecule has 1 saturated heterocycles. The SMILES string of the molecule is Cc1cnc(CC2(C(=O)O)CCNC2)c(C)c1[N+](=O)[O-]. The molecule has 0 spiro atoms. The highest BCUT2D eigenvalue weighted by molar-refractivity contribution is 5.76. The van der Waals surface area contributed by atoms with Crippen molar-refractivity contribution >= 4 is 11.7 Å². The molecule has 0 saturated carbocycles. The van der Waals surface area contributed by atoms with Crippen molar-refractivity contribution < 1.29 is 14.8 Å². The Balaban J connectivity index is 2.41. The van der Waals surface area contributed by atoms with Crippen LogP contribution in [0.15, 0.2) is 6.20 Å². The van der Waals surface area contributed by atoms with Crippen LogP contribution >= 0.6 is 0 Å². The first-order chi connectivity index (χ1) is 9.37. The molecule has 2 heterocycles. The number of hydrogen-bond donors (Lipinski definition) is 2. The summed E-state index contributed by atoms with van der Waals surface area (Å²) in [7, 11) is 0. The molecule has 108 valence electrons. The van der Waals surface area contributed by atoms with Gasteiger partial charge in [0.15, 0.2) is 0 Å². The summed E-state index contributed by atoms with van der Waals surface area (Å²) >= 11 is 0. The van der Waals surface area contributed by atoms with Crippen molar-refractivity contribution in [3.05, 3.63) is 33.1 Å². The summed E-state index contributed by atoms with van der Waals surface area (Å²) in [6.45, 7) is 4.27. The van der Waals surface area contributed by atoms with Gasteiger partial charge in [-0.1, -0.05) is 0 Å². The lowest BCUT2D eigenvalue weighted by molar-refractivity contribution is -0.386. The fourth-order valence-electron chi connectivity index (χ4n) is 2.70. The van der Waals surface area contributed by atoms with Crippen LogP contribution in [-0.4, -0.2) is 34.1 Å². The van der Waals surface area contributed by atoms with Gasteiger partial charge in [0, 0.05) is 30.3 Å². The molecule has 0 amide bonds. The Morgan fingerprint density at radius 3 is 2.80 bits per heavy atom. The molecule has 1 aromatic rings. The molecule has 0 bridgehead atoms. The van der Waals surface area contributed by atoms with E-state index in [0.717, 1.165) is 0 Å². The monoisotopic (exact) mass is 279 g/mol. The summed E-state index contributed by atoms with van der Waals surface area (Å²) < 4.78 is 0. The number of carboxylic acids is 1. The van der Waals surface area contributed by atoms with E-state index >= 15 is 0 Å². The van der Waals surface area contributed by atoms with Gasteiger partial charge in [-0.3, -0.25) is 19.9 Å². The maximum absolute atomic E-state index is 11.5. The van der Waals surface area contributed by atoms with E-state index in [2.05, 4.69) is 10.3 Å². The Hall–Kier alpha value is -2.02. The number of pyridine rings is 1. The van der Waals surface area contributed by atoms with Crippen LogP contribution in [0.3, 0.4) is 0 Å². The van der Waals surface area contributed by atoms with Gasteiger partial charge in [-0.2, -0.15) is 0 Å². The molecular formula is C13H17N3O4. The zero-order valence-corrected chi connectivity index (χ0v) is 11.5. The molecule has 7 nitrogen and oxygen atoms in total. The number of nitrogens with one attached hydrogen (secondary N) is 1. The summed E-state index contributed by atoms with van der Waals surface area (Å²) in [6.07, 6.45) is 2.16. The lowest BCUT2D eigenvalue weighted by Gasteiger charge is -2.23. The standard InChI is InChI=1S/C13H17N3O4/c1-8-6-15-10(9(2)11(8)16(19)20)5-13(12(17)18)3-4-14-7-13/h6,14H,3-5,7H2,1-2H3,(H,17,18). The van der Waals surface area contributed by atoms with Crippen molar-refractivity contribution in [3.63, 3.8) is 0 Å². The number of rotatable bonds is 4. The highest BCUT2D eigenvalue weighted by Gasteiger charge is 2.42. The fourth-order valence-corrected chi connectivity index (χ4v) is 2.70. The molecule has 2 N–H and O–H groups in total. The van der Waals surface area contributed by atoms with E-state index in [1.54, 1.807) is 13.8 Å². The number of nitro groups is 1. The third-order valence-electron chi connectivity index (χ3n) is 3.96. The molecule has 0 radical (unpaired) electrons. The topological polar surface area (TPSA) is 105 Å². The first-order valence-electron chi connectivity index (χ1n) is 6.41. The Morgan fingerprint density at radius 2 is 2.30 bits per heavy atom. The number of aliphatic carboxylic acids is 1. The normalized spacial score (nSPS) is 21.9. The molecule has 1 aromatic heterocycles. The number of carbonyl (C=O) groups is 1. The predicted octanol–water partition coefficient (Wildman–Crippen LogP) is 1.21. The summed E-state index contributed by atoms with van der Waals surface area (Å²) in [6, 6.07) is 0. The lowest BCUT2D eigenvalue weighted by Crippen LogP contribution is -2.36. The van der Waals surface area contributed by atoms with Crippen molar-refractivity contribution in [3.8, 4) is 0 Å². The highest BCUT2D eigenvalue weighted by Crippen LogP contribution is 2.33. The molecule has 0 aliphatic carbocycles. The maximum Gasteiger partial charge on any atom is 0.311 e. The number of hydrogen-bond acceptors (Lipinski definition) is 5. The van der Waals surface area contributed by atoms with E-state index in [4.69, 9.17) is 0 Å². The number of nitrogens with zero attached hydrogens (tertiary/aromatic N) is 2. The second-order valence-electron chi connectivity index (χ2n) is 5.31. The van der Waals surface area contributed by atoms with Crippen LogP contribution in [0, 0.1) is 29.4 Å². The van der Waals surface area contributed by atoms with Crippen LogP contribution in [-0.2, 0) is 11.2 Å². The average Bonchev–Trinajstić information content (AvgIpc) is 2.82. The van der Waals surface area contributed by atoms with E-state index in [1.165, 1.54) is 6.20 Å². The van der Waals surface area contributed by atoms with Crippen molar-refractivity contribution in [1.29, 1.82) is 0 Å². The molecule has 0 aromatic carbocycles. The van der Waals surface area contributed by atoms with Gasteiger partial charge in [0.05, 0.1) is 16.0 Å². The van der Waals surface area contributed by atoms with Crippen LogP contribution < -0.4 is 5.32 Å². The minimum Gasteiger partial charge on any atom is -0.481 e. The van der Waals surface area contributed by atoms with E-state index < -0.39 is 16.3 Å². The van der Waals surface area contributed by atoms with E-state index in [9.17, 15) is 20.0 Å². The zero-order chi connectivity index (χ0) is 14.9. The van der Waals surface area contributed by atoms with Crippen LogP contribution in [0.5, 0.6) is 0 Å². The van der Waals surface area contributed by atoms with Crippen molar-refractivity contribution in [2.24, 2.45) is 5.41 Å². The Labute approximate surface area is 116 Å². The van der Waals surface area contributed by atoms with E-state index in [-0.39, 0.29) is 12.1 Å². The Kier molecular flexibility index (Phi) is 3.71. The van der Waals surface area contributed by atoms with Crippen LogP contribution in [0.2, 0.25) is 0 Å². The summed E-state index contributed by atoms with van der Waals surface area (Å²) in [5.41, 5.74) is 0.559. The molecular weight excluding hydrogens is 262 g/mol. The minimum atomic E-state index is -0.916. The Morgan fingerprint density at radius 1 is 1.60 bits per heavy atom. The summed E-state index contributed by atoms with van der Waals surface area (Å²) in [5.74, 6) is -0.882. The largest absolute Gasteiger partial charge is 0.481 e. The molecule has 20 heavy (non-hydrogen) atoms. The smallest absolute Gasteiger partial charge is 0.311 e. The fraction of sp³-hybridized carbons (Fsp3) is 0.538. The summed E-state index contributed by atoms with van der Waals surface area (Å²) in [4.78, 5) is 26.4. The molecule has 1 unspecified atom stereocenters. The first-order valence-corrected chi connectivity index (χ1v) is 6.41. The van der Waals surface area contributed by atoms with Crippen LogP contribution in [0.25, 0.3) is 0 Å². The van der Waals surface area contributed by atoms with Gasteiger partial charge in [-0.05, 0) is 26.8 Å². The van der Waals surface area contributed by atoms with Crippen molar-refractivity contribution in [2.75, 3.05) is 13.1 Å². The second-order valence-corrected chi connectivity index (χ2v) is 5.31. The van der Waals surface area contributed by atoms with Gasteiger partial charge in [0.25, 0.3) is 5.69 Å². The van der Waals surface area contributed by atoms with Crippen molar-refractivity contribution in [1.82, 2.24) is 10.3 Å². The highest BCUT2D eigenvalue weighted by atomic mass is 16.6. The van der Waals surface area contributed by atoms with Crippen LogP contribution in [0.4, 0.5) is 5.69 Å². The molecule has 1 fully saturated rings. The van der Waals surface area contributed by atoms with Crippen LogP contribution in [0.1, 0.15) is 23.2 Å². The quantitative estimate of drug-likeness (QED) is 0.634. The van der Waals surface area contributed by atoms with Gasteiger partial charge in [0.2, 0.25) is 0 Å². The molecule has 2 rings (SSSR count). The van der Waals surface area contributed by atoms with Gasteiger partial charge >= 0.3 is 5.97 Å². The van der Waals surface area contributed by atoms with Crippen molar-refractivity contribution in [2.45, 2.75) is 26.7 Å². The predicted molar refractivity (Wildman–Crippen MR) is 71.6 cm³/mol. The minimum absolute atomic E-state index is 0.0292. The van der Waals surface area contributed by atoms with Gasteiger partial charge in [-0.15, -0.1) is 0 Å². The van der Waals surface area contributed by atoms with E-state index in [0.29, 0.717) is 36.3 Å². The second kappa shape index (κ2) is 5.16. The zero-order valence-electron chi connectivity index (χ0n) is 11.5. The molecule has 7 heteroatoms. The van der Waals surface area contributed by atoms with Gasteiger partial charge in [0.1, 0.15) is 0 Å². The maximum atomic E-state index is 11.5. The number of aromatic nitrogens is 1. The van der Waals surface area contributed by atoms with Gasteiger partial charge < -0.3 is 10.4 Å². The number of aryl methyl sites for hydroxylation is 1. The number of carboxylic acid groups (broad SMARTS) is 1. The lowest BCUT2D eigenvalue weighted by atomic mass is 9.81. The van der Waals surface area contributed by atoms with E-state index in [1.807, 2.05) is 0 Å². The van der Waals surface area contributed by atoms with Gasteiger partial charge in [-0.25, -0.2) is 0 Å². The third-order valence-corrected chi connectivity index (χ3v) is 3.96. The average molecular weight is 279 g/mol. The Bertz CT molecular complexity index is 565. The third kappa shape index (κ3) is 2.36. The summed E-state index contributed by atoms with van der Waals surface area (Å²) in [5, 5.41) is 23.6. The first kappa shape index (κ1) is 14.4. The molecule has 1 atom stereocenters. The molecule has 1 aliphatic rings.